The quantitative estimate of drug-likeness (QED) is 0.729. The van der Waals surface area contributed by atoms with Crippen LogP contribution in [0.25, 0.3) is 0 Å². The van der Waals surface area contributed by atoms with Crippen molar-refractivity contribution < 1.29 is 13.2 Å². The minimum atomic E-state index is -3.32. The van der Waals surface area contributed by atoms with Crippen molar-refractivity contribution in [1.29, 1.82) is 0 Å². The predicted molar refractivity (Wildman–Crippen MR) is 94.3 cm³/mol. The molecule has 0 fully saturated rings. The molecule has 6 nitrogen and oxygen atoms in total. The molecular weight excluding hydrogens is 338 g/mol. The summed E-state index contributed by atoms with van der Waals surface area (Å²) in [5.41, 5.74) is 0.637. The molecule has 0 atom stereocenters. The van der Waals surface area contributed by atoms with E-state index in [1.807, 2.05) is 19.0 Å². The van der Waals surface area contributed by atoms with Gasteiger partial charge in [-0.05, 0) is 51.3 Å². The maximum Gasteiger partial charge on any atom is 0.225 e. The first-order valence-corrected chi connectivity index (χ1v) is 9.56. The van der Waals surface area contributed by atoms with Crippen LogP contribution in [0.15, 0.2) is 24.3 Å². The van der Waals surface area contributed by atoms with E-state index in [9.17, 15) is 13.2 Å². The molecule has 0 radical (unpaired) electrons. The van der Waals surface area contributed by atoms with Crippen LogP contribution in [0.1, 0.15) is 12.8 Å². The standard InChI is InChI=1S/C15H24ClN3O3S/c1-18(2)10-4-11-19(23(3,21)22)12-9-15(20)17-14-7-5-13(16)6-8-14/h5-8H,4,9-12H2,1-3H3,(H,17,20). The highest BCUT2D eigenvalue weighted by Gasteiger charge is 2.17. The van der Waals surface area contributed by atoms with E-state index >= 15 is 0 Å². The fourth-order valence-electron chi connectivity index (χ4n) is 1.99. The number of nitrogens with zero attached hydrogens (tertiary/aromatic N) is 2. The van der Waals surface area contributed by atoms with Gasteiger partial charge in [0.25, 0.3) is 0 Å². The summed E-state index contributed by atoms with van der Waals surface area (Å²) >= 11 is 5.78. The first-order valence-electron chi connectivity index (χ1n) is 7.34. The molecule has 0 bridgehead atoms. The molecule has 0 saturated carbocycles. The molecule has 23 heavy (non-hydrogen) atoms. The van der Waals surface area contributed by atoms with Gasteiger partial charge in [0.1, 0.15) is 0 Å². The number of amides is 1. The van der Waals surface area contributed by atoms with Gasteiger partial charge < -0.3 is 10.2 Å². The van der Waals surface area contributed by atoms with E-state index in [1.165, 1.54) is 10.6 Å². The Hall–Kier alpha value is -1.15. The average Bonchev–Trinajstić information content (AvgIpc) is 2.43. The third-order valence-corrected chi connectivity index (χ3v) is 4.75. The summed E-state index contributed by atoms with van der Waals surface area (Å²) < 4.78 is 24.9. The van der Waals surface area contributed by atoms with Gasteiger partial charge in [0.15, 0.2) is 0 Å². The Kier molecular flexibility index (Phi) is 7.98. The van der Waals surface area contributed by atoms with Crippen LogP contribution in [0.4, 0.5) is 5.69 Å². The lowest BCUT2D eigenvalue weighted by molar-refractivity contribution is -0.116. The maximum atomic E-state index is 11.9. The molecular formula is C15H24ClN3O3S. The second kappa shape index (κ2) is 9.22. The van der Waals surface area contributed by atoms with Gasteiger partial charge in [-0.25, -0.2) is 12.7 Å². The van der Waals surface area contributed by atoms with Gasteiger partial charge in [-0.2, -0.15) is 0 Å². The number of carbonyl (C=O) groups excluding carboxylic acids is 1. The van der Waals surface area contributed by atoms with Gasteiger partial charge in [-0.3, -0.25) is 4.79 Å². The highest BCUT2D eigenvalue weighted by atomic mass is 35.5. The number of carbonyl (C=O) groups is 1. The van der Waals surface area contributed by atoms with Crippen molar-refractivity contribution in [3.63, 3.8) is 0 Å². The second-order valence-electron chi connectivity index (χ2n) is 5.62. The molecule has 0 spiro atoms. The topological polar surface area (TPSA) is 69.7 Å². The number of nitrogens with one attached hydrogen (secondary N) is 1. The van der Waals surface area contributed by atoms with Crippen molar-refractivity contribution in [1.82, 2.24) is 9.21 Å². The van der Waals surface area contributed by atoms with Gasteiger partial charge in [-0.15, -0.1) is 0 Å². The zero-order chi connectivity index (χ0) is 17.5. The second-order valence-corrected chi connectivity index (χ2v) is 8.04. The number of sulfonamides is 1. The van der Waals surface area contributed by atoms with E-state index in [1.54, 1.807) is 24.3 Å². The van der Waals surface area contributed by atoms with Crippen LogP contribution in [0.2, 0.25) is 5.02 Å². The van der Waals surface area contributed by atoms with Crippen LogP contribution in [0.5, 0.6) is 0 Å². The fourth-order valence-corrected chi connectivity index (χ4v) is 3.00. The van der Waals surface area contributed by atoms with Crippen molar-refractivity contribution in [2.75, 3.05) is 45.3 Å². The van der Waals surface area contributed by atoms with Crippen molar-refractivity contribution in [2.45, 2.75) is 12.8 Å². The van der Waals surface area contributed by atoms with Gasteiger partial charge in [-0.1, -0.05) is 11.6 Å². The van der Waals surface area contributed by atoms with E-state index in [0.29, 0.717) is 17.3 Å². The number of halogens is 1. The minimum Gasteiger partial charge on any atom is -0.326 e. The van der Waals surface area contributed by atoms with E-state index in [2.05, 4.69) is 5.32 Å². The molecule has 0 aliphatic carbocycles. The van der Waals surface area contributed by atoms with E-state index < -0.39 is 10.0 Å². The van der Waals surface area contributed by atoms with Gasteiger partial charge in [0, 0.05) is 30.2 Å². The van der Waals surface area contributed by atoms with Crippen molar-refractivity contribution in [3.05, 3.63) is 29.3 Å². The molecule has 8 heteroatoms. The summed E-state index contributed by atoms with van der Waals surface area (Å²) in [6, 6.07) is 6.76. The summed E-state index contributed by atoms with van der Waals surface area (Å²) in [6.45, 7) is 1.37. The first kappa shape index (κ1) is 19.9. The molecule has 1 rings (SSSR count). The maximum absolute atomic E-state index is 11.9. The SMILES string of the molecule is CN(C)CCCN(CCC(=O)Nc1ccc(Cl)cc1)S(C)(=O)=O. The molecule has 130 valence electrons. The molecule has 0 heterocycles. The smallest absolute Gasteiger partial charge is 0.225 e. The summed E-state index contributed by atoms with van der Waals surface area (Å²) in [5, 5.41) is 3.31. The van der Waals surface area contributed by atoms with Crippen LogP contribution in [0, 0.1) is 0 Å². The van der Waals surface area contributed by atoms with Crippen molar-refractivity contribution in [3.8, 4) is 0 Å². The normalized spacial score (nSPS) is 11.9. The Morgan fingerprint density at radius 2 is 1.74 bits per heavy atom. The minimum absolute atomic E-state index is 0.109. The van der Waals surface area contributed by atoms with Crippen LogP contribution >= 0.6 is 11.6 Å². The Labute approximate surface area is 143 Å². The summed E-state index contributed by atoms with van der Waals surface area (Å²) in [4.78, 5) is 13.9. The van der Waals surface area contributed by atoms with E-state index in [-0.39, 0.29) is 18.9 Å². The Morgan fingerprint density at radius 3 is 2.26 bits per heavy atom. The van der Waals surface area contributed by atoms with Crippen LogP contribution in [-0.4, -0.2) is 63.5 Å². The van der Waals surface area contributed by atoms with Crippen molar-refractivity contribution >= 4 is 33.2 Å². The van der Waals surface area contributed by atoms with Gasteiger partial charge in [0.2, 0.25) is 15.9 Å². The molecule has 0 saturated heterocycles. The van der Waals surface area contributed by atoms with E-state index in [0.717, 1.165) is 13.0 Å². The molecule has 1 aromatic carbocycles. The Balaban J connectivity index is 2.49. The lowest BCUT2D eigenvalue weighted by Crippen LogP contribution is -2.35. The highest BCUT2D eigenvalue weighted by molar-refractivity contribution is 7.88. The van der Waals surface area contributed by atoms with Crippen molar-refractivity contribution in [2.24, 2.45) is 0 Å². The van der Waals surface area contributed by atoms with Crippen LogP contribution < -0.4 is 5.32 Å². The Morgan fingerprint density at radius 1 is 1.13 bits per heavy atom. The highest BCUT2D eigenvalue weighted by Crippen LogP contribution is 2.13. The number of benzene rings is 1. The zero-order valence-corrected chi connectivity index (χ0v) is 15.3. The van der Waals surface area contributed by atoms with Crippen LogP contribution in [-0.2, 0) is 14.8 Å². The predicted octanol–water partition coefficient (Wildman–Crippen LogP) is 1.88. The molecule has 1 aromatic rings. The van der Waals surface area contributed by atoms with Gasteiger partial charge in [0.05, 0.1) is 6.26 Å². The number of hydrogen-bond donors (Lipinski definition) is 1. The van der Waals surface area contributed by atoms with E-state index in [4.69, 9.17) is 11.6 Å². The summed E-state index contributed by atoms with van der Waals surface area (Å²) in [7, 11) is 0.550. The lowest BCUT2D eigenvalue weighted by Gasteiger charge is -2.20. The molecule has 0 aromatic heterocycles. The van der Waals surface area contributed by atoms with Crippen LogP contribution in [0.3, 0.4) is 0 Å². The lowest BCUT2D eigenvalue weighted by atomic mass is 10.3. The monoisotopic (exact) mass is 361 g/mol. The first-order chi connectivity index (χ1) is 10.7. The fraction of sp³-hybridized carbons (Fsp3) is 0.533. The largest absolute Gasteiger partial charge is 0.326 e. The number of rotatable bonds is 9. The summed E-state index contributed by atoms with van der Waals surface area (Å²) in [5.74, 6) is -0.228. The zero-order valence-electron chi connectivity index (χ0n) is 13.8. The van der Waals surface area contributed by atoms with Gasteiger partial charge >= 0.3 is 0 Å². The summed E-state index contributed by atoms with van der Waals surface area (Å²) in [6.07, 6.45) is 2.00. The molecule has 0 aliphatic rings. The molecule has 1 N–H and O–H groups in total. The third-order valence-electron chi connectivity index (χ3n) is 3.20. The molecule has 0 unspecified atom stereocenters. The molecule has 1 amide bonds. The number of hydrogen-bond acceptors (Lipinski definition) is 4. The average molecular weight is 362 g/mol. The molecule has 0 aliphatic heterocycles. The number of anilines is 1. The third kappa shape index (κ3) is 8.31. The Bertz CT molecular complexity index is 603.